The van der Waals surface area contributed by atoms with E-state index in [0.29, 0.717) is 22.1 Å². The van der Waals surface area contributed by atoms with E-state index in [1.807, 2.05) is 18.2 Å². The molecule has 0 aliphatic carbocycles. The van der Waals surface area contributed by atoms with E-state index >= 15 is 0 Å². The number of thiazole rings is 1. The summed E-state index contributed by atoms with van der Waals surface area (Å²) in [7, 11) is 0. The van der Waals surface area contributed by atoms with Gasteiger partial charge in [-0.1, -0.05) is 6.07 Å². The van der Waals surface area contributed by atoms with Gasteiger partial charge >= 0.3 is 0 Å². The summed E-state index contributed by atoms with van der Waals surface area (Å²) in [6.45, 7) is 0.569. The predicted molar refractivity (Wildman–Crippen MR) is 98.8 cm³/mol. The first-order chi connectivity index (χ1) is 12.2. The lowest BCUT2D eigenvalue weighted by Crippen LogP contribution is -2.31. The van der Waals surface area contributed by atoms with Gasteiger partial charge in [0.15, 0.2) is 0 Å². The monoisotopic (exact) mass is 371 g/mol. The van der Waals surface area contributed by atoms with Crippen LogP contribution in [-0.2, 0) is 0 Å². The molecule has 0 spiro atoms. The lowest BCUT2D eigenvalue weighted by molar-refractivity contribution is 0.0990. The van der Waals surface area contributed by atoms with Gasteiger partial charge in [0, 0.05) is 17.6 Å². The molecule has 1 aliphatic heterocycles. The molecule has 126 valence electrons. The van der Waals surface area contributed by atoms with Crippen LogP contribution in [0.5, 0.6) is 0 Å². The first-order valence-electron chi connectivity index (χ1n) is 7.84. The Bertz CT molecular complexity index is 914. The van der Waals surface area contributed by atoms with Crippen molar-refractivity contribution < 1.29 is 9.18 Å². The van der Waals surface area contributed by atoms with Crippen LogP contribution < -0.4 is 4.90 Å². The van der Waals surface area contributed by atoms with Gasteiger partial charge < -0.3 is 4.90 Å². The SMILES string of the molecule is O=C(c1cnc(-c2ccccn2)s1)N1CCCSc2ccc(F)cc21. The van der Waals surface area contributed by atoms with Gasteiger partial charge in [-0.25, -0.2) is 9.37 Å². The minimum absolute atomic E-state index is 0.144. The van der Waals surface area contributed by atoms with Crippen LogP contribution in [0.25, 0.3) is 10.7 Å². The fourth-order valence-corrected chi connectivity index (χ4v) is 4.49. The Hall–Kier alpha value is -2.25. The number of halogens is 1. The quantitative estimate of drug-likeness (QED) is 0.666. The number of hydrogen-bond donors (Lipinski definition) is 0. The van der Waals surface area contributed by atoms with Crippen molar-refractivity contribution in [1.29, 1.82) is 0 Å². The molecule has 1 amide bonds. The van der Waals surface area contributed by atoms with Crippen LogP contribution in [0.3, 0.4) is 0 Å². The van der Waals surface area contributed by atoms with Gasteiger partial charge in [0.05, 0.1) is 17.6 Å². The molecule has 0 saturated carbocycles. The van der Waals surface area contributed by atoms with Gasteiger partial charge in [-0.05, 0) is 42.5 Å². The molecule has 0 saturated heterocycles. The number of amides is 1. The molecule has 1 aromatic carbocycles. The maximum Gasteiger partial charge on any atom is 0.270 e. The maximum absolute atomic E-state index is 13.7. The summed E-state index contributed by atoms with van der Waals surface area (Å²) in [5, 5.41) is 0.701. The molecule has 0 N–H and O–H groups in total. The fraction of sp³-hybridized carbons (Fsp3) is 0.167. The second kappa shape index (κ2) is 6.93. The number of pyridine rings is 1. The van der Waals surface area contributed by atoms with E-state index in [0.717, 1.165) is 22.8 Å². The number of nitrogens with zero attached hydrogens (tertiary/aromatic N) is 3. The highest BCUT2D eigenvalue weighted by Gasteiger charge is 2.25. The Morgan fingerprint density at radius 1 is 1.20 bits per heavy atom. The molecule has 0 bridgehead atoms. The van der Waals surface area contributed by atoms with Crippen LogP contribution in [-0.4, -0.2) is 28.2 Å². The second-order valence-electron chi connectivity index (χ2n) is 5.52. The number of benzene rings is 1. The van der Waals surface area contributed by atoms with Crippen LogP contribution in [0.2, 0.25) is 0 Å². The van der Waals surface area contributed by atoms with E-state index in [-0.39, 0.29) is 11.7 Å². The van der Waals surface area contributed by atoms with Crippen LogP contribution in [0, 0.1) is 5.82 Å². The summed E-state index contributed by atoms with van der Waals surface area (Å²) < 4.78 is 13.7. The Balaban J connectivity index is 1.68. The van der Waals surface area contributed by atoms with Crippen molar-refractivity contribution >= 4 is 34.7 Å². The molecule has 0 fully saturated rings. The van der Waals surface area contributed by atoms with Crippen molar-refractivity contribution in [2.24, 2.45) is 0 Å². The van der Waals surface area contributed by atoms with Crippen molar-refractivity contribution in [3.63, 3.8) is 0 Å². The van der Waals surface area contributed by atoms with E-state index in [1.54, 1.807) is 35.1 Å². The normalized spacial score (nSPS) is 14.0. The third-order valence-electron chi connectivity index (χ3n) is 3.84. The lowest BCUT2D eigenvalue weighted by Gasteiger charge is -2.21. The molecule has 0 atom stereocenters. The highest BCUT2D eigenvalue weighted by Crippen LogP contribution is 2.36. The number of thioether (sulfide) groups is 1. The Kier molecular flexibility index (Phi) is 4.50. The Labute approximate surface area is 152 Å². The molecule has 3 heterocycles. The molecule has 4 rings (SSSR count). The van der Waals surface area contributed by atoms with Gasteiger partial charge in [-0.3, -0.25) is 9.78 Å². The molecule has 3 aromatic rings. The highest BCUT2D eigenvalue weighted by molar-refractivity contribution is 7.99. The first-order valence-corrected chi connectivity index (χ1v) is 9.64. The van der Waals surface area contributed by atoms with Crippen molar-refractivity contribution in [3.8, 4) is 10.7 Å². The molecule has 0 unspecified atom stereocenters. The van der Waals surface area contributed by atoms with E-state index in [9.17, 15) is 9.18 Å². The van der Waals surface area contributed by atoms with Crippen LogP contribution in [0.4, 0.5) is 10.1 Å². The zero-order chi connectivity index (χ0) is 17.2. The van der Waals surface area contributed by atoms with Crippen molar-refractivity contribution in [2.45, 2.75) is 11.3 Å². The lowest BCUT2D eigenvalue weighted by atomic mass is 10.2. The largest absolute Gasteiger partial charge is 0.306 e. The zero-order valence-corrected chi connectivity index (χ0v) is 14.8. The molecule has 7 heteroatoms. The first kappa shape index (κ1) is 16.2. The average molecular weight is 371 g/mol. The van der Waals surface area contributed by atoms with E-state index in [4.69, 9.17) is 0 Å². The van der Waals surface area contributed by atoms with Crippen molar-refractivity contribution in [2.75, 3.05) is 17.2 Å². The maximum atomic E-state index is 13.7. The van der Waals surface area contributed by atoms with Crippen molar-refractivity contribution in [3.05, 3.63) is 59.5 Å². The number of carbonyl (C=O) groups excluding carboxylic acids is 1. The summed E-state index contributed by atoms with van der Waals surface area (Å²) in [6, 6.07) is 10.2. The minimum atomic E-state index is -0.336. The molecule has 4 nitrogen and oxygen atoms in total. The molecular formula is C18H14FN3OS2. The van der Waals surface area contributed by atoms with Crippen LogP contribution >= 0.6 is 23.1 Å². The Morgan fingerprint density at radius 2 is 2.12 bits per heavy atom. The second-order valence-corrected chi connectivity index (χ2v) is 7.68. The standard InChI is InChI=1S/C18H14FN3OS2/c19-12-5-6-15-14(10-12)22(8-3-9-24-15)18(23)16-11-21-17(25-16)13-4-1-2-7-20-13/h1-2,4-7,10-11H,3,8-9H2. The summed E-state index contributed by atoms with van der Waals surface area (Å²) in [5.74, 6) is 0.427. The molecule has 2 aromatic heterocycles. The third-order valence-corrected chi connectivity index (χ3v) is 6.00. The fourth-order valence-electron chi connectivity index (χ4n) is 2.67. The van der Waals surface area contributed by atoms with Gasteiger partial charge in [0.25, 0.3) is 5.91 Å². The van der Waals surface area contributed by atoms with Crippen LogP contribution in [0.15, 0.2) is 53.7 Å². The third kappa shape index (κ3) is 3.29. The van der Waals surface area contributed by atoms with Gasteiger partial charge in [0.1, 0.15) is 15.7 Å². The number of hydrogen-bond acceptors (Lipinski definition) is 5. The predicted octanol–water partition coefficient (Wildman–Crippen LogP) is 4.49. The number of fused-ring (bicyclic) bond motifs is 1. The smallest absolute Gasteiger partial charge is 0.270 e. The number of carbonyl (C=O) groups is 1. The molecule has 0 radical (unpaired) electrons. The summed E-state index contributed by atoms with van der Waals surface area (Å²) >= 11 is 2.96. The van der Waals surface area contributed by atoms with E-state index in [2.05, 4.69) is 9.97 Å². The highest BCUT2D eigenvalue weighted by atomic mass is 32.2. The summed E-state index contributed by atoms with van der Waals surface area (Å²) in [4.78, 5) is 24.7. The Morgan fingerprint density at radius 3 is 2.96 bits per heavy atom. The summed E-state index contributed by atoms with van der Waals surface area (Å²) in [6.07, 6.45) is 4.13. The van der Waals surface area contributed by atoms with E-state index < -0.39 is 0 Å². The topological polar surface area (TPSA) is 46.1 Å². The molecule has 1 aliphatic rings. The number of anilines is 1. The minimum Gasteiger partial charge on any atom is -0.306 e. The molecular weight excluding hydrogens is 357 g/mol. The van der Waals surface area contributed by atoms with Gasteiger partial charge in [-0.2, -0.15) is 0 Å². The van der Waals surface area contributed by atoms with Crippen LogP contribution in [0.1, 0.15) is 16.1 Å². The van der Waals surface area contributed by atoms with Gasteiger partial charge in [0.2, 0.25) is 0 Å². The molecule has 25 heavy (non-hydrogen) atoms. The summed E-state index contributed by atoms with van der Waals surface area (Å²) in [5.41, 5.74) is 1.38. The average Bonchev–Trinajstić information content (AvgIpc) is 3.04. The van der Waals surface area contributed by atoms with E-state index in [1.165, 1.54) is 23.5 Å². The zero-order valence-electron chi connectivity index (χ0n) is 13.2. The number of aromatic nitrogens is 2. The van der Waals surface area contributed by atoms with Crippen molar-refractivity contribution in [1.82, 2.24) is 9.97 Å². The number of rotatable bonds is 2. The van der Waals surface area contributed by atoms with Gasteiger partial charge in [-0.15, -0.1) is 23.1 Å².